The van der Waals surface area contributed by atoms with Crippen LogP contribution in [0.3, 0.4) is 0 Å². The molecule has 2 aliphatic rings. The lowest BCUT2D eigenvalue weighted by Gasteiger charge is -2.42. The number of nitrogens with one attached hydrogen (secondary N) is 3. The van der Waals surface area contributed by atoms with E-state index >= 15 is 0 Å². The van der Waals surface area contributed by atoms with Crippen LogP contribution in [0.1, 0.15) is 32.6 Å². The lowest BCUT2D eigenvalue weighted by Crippen LogP contribution is -2.53. The molecule has 0 aromatic heterocycles. The third-order valence-corrected chi connectivity index (χ3v) is 5.82. The number of guanidine groups is 1. The van der Waals surface area contributed by atoms with E-state index in [-0.39, 0.29) is 11.4 Å². The van der Waals surface area contributed by atoms with E-state index in [0.29, 0.717) is 12.6 Å². The third-order valence-electron chi connectivity index (χ3n) is 5.82. The zero-order valence-electron chi connectivity index (χ0n) is 17.5. The van der Waals surface area contributed by atoms with Crippen molar-refractivity contribution >= 4 is 11.9 Å². The third kappa shape index (κ3) is 6.62. The van der Waals surface area contributed by atoms with E-state index in [0.717, 1.165) is 71.0 Å². The molecule has 2 fully saturated rings. The van der Waals surface area contributed by atoms with Crippen LogP contribution in [0.2, 0.25) is 0 Å². The van der Waals surface area contributed by atoms with Crippen LogP contribution >= 0.6 is 0 Å². The summed E-state index contributed by atoms with van der Waals surface area (Å²) in [5.74, 6) is 0.983. The molecule has 0 radical (unpaired) electrons. The zero-order valence-corrected chi connectivity index (χ0v) is 17.5. The predicted octanol–water partition coefficient (Wildman–Crippen LogP) is -0.137. The van der Waals surface area contributed by atoms with Crippen molar-refractivity contribution in [1.82, 2.24) is 25.8 Å². The Hall–Kier alpha value is -1.38. The highest BCUT2D eigenvalue weighted by Crippen LogP contribution is 2.26. The Kier molecular flexibility index (Phi) is 8.79. The number of aliphatic imine (C=N–C) groups is 1. The van der Waals surface area contributed by atoms with Crippen molar-refractivity contribution in [3.05, 3.63) is 0 Å². The molecule has 156 valence electrons. The molecule has 8 heteroatoms. The Bertz CT molecular complexity index is 483. The lowest BCUT2D eigenvalue weighted by atomic mass is 9.89. The first-order valence-corrected chi connectivity index (χ1v) is 10.2. The molecular weight excluding hydrogens is 344 g/mol. The summed E-state index contributed by atoms with van der Waals surface area (Å²) in [5, 5.41) is 9.69. The van der Waals surface area contributed by atoms with E-state index in [1.165, 1.54) is 0 Å². The second-order valence-electron chi connectivity index (χ2n) is 7.79. The smallest absolute Gasteiger partial charge is 0.233 e. The van der Waals surface area contributed by atoms with Crippen LogP contribution < -0.4 is 16.0 Å². The van der Waals surface area contributed by atoms with Gasteiger partial charge in [-0.05, 0) is 46.7 Å². The Labute approximate surface area is 164 Å². The van der Waals surface area contributed by atoms with Crippen molar-refractivity contribution in [3.8, 4) is 0 Å². The quantitative estimate of drug-likeness (QED) is 0.420. The van der Waals surface area contributed by atoms with Crippen molar-refractivity contribution < 1.29 is 9.53 Å². The summed E-state index contributed by atoms with van der Waals surface area (Å²) in [7, 11) is 5.97. The first kappa shape index (κ1) is 21.9. The zero-order chi connectivity index (χ0) is 19.7. The molecule has 0 aromatic rings. The van der Waals surface area contributed by atoms with Crippen molar-refractivity contribution in [2.75, 3.05) is 67.1 Å². The second kappa shape index (κ2) is 10.8. The topological polar surface area (TPSA) is 81.2 Å². The summed E-state index contributed by atoms with van der Waals surface area (Å²) in [6.07, 6.45) is 4.07. The van der Waals surface area contributed by atoms with Gasteiger partial charge in [0, 0.05) is 51.5 Å². The molecule has 0 unspecified atom stereocenters. The second-order valence-corrected chi connectivity index (χ2v) is 7.79. The lowest BCUT2D eigenvalue weighted by molar-refractivity contribution is -0.122. The standard InChI is InChI=1S/C19H38N6O2/c1-5-21-18(22-15-19(24(3)4)8-12-27-13-9-19)23-16-6-10-25(11-7-16)14-17(26)20-2/h16H,5-15H2,1-4H3,(H,20,26)(H2,21,22,23). The van der Waals surface area contributed by atoms with Gasteiger partial charge in [-0.15, -0.1) is 0 Å². The molecule has 2 saturated heterocycles. The van der Waals surface area contributed by atoms with Crippen LogP contribution in [-0.2, 0) is 9.53 Å². The Balaban J connectivity index is 1.89. The molecule has 2 rings (SSSR count). The Morgan fingerprint density at radius 1 is 1.26 bits per heavy atom. The number of rotatable bonds is 7. The average molecular weight is 383 g/mol. The summed E-state index contributed by atoms with van der Waals surface area (Å²) in [6.45, 7) is 7.69. The minimum atomic E-state index is 0.0808. The molecular formula is C19H38N6O2. The van der Waals surface area contributed by atoms with Gasteiger partial charge < -0.3 is 25.6 Å². The molecule has 1 amide bonds. The maximum Gasteiger partial charge on any atom is 0.233 e. The highest BCUT2D eigenvalue weighted by molar-refractivity contribution is 5.80. The fourth-order valence-corrected chi connectivity index (χ4v) is 3.76. The fourth-order valence-electron chi connectivity index (χ4n) is 3.76. The van der Waals surface area contributed by atoms with Gasteiger partial charge in [-0.1, -0.05) is 0 Å². The van der Waals surface area contributed by atoms with Crippen molar-refractivity contribution in [2.24, 2.45) is 4.99 Å². The largest absolute Gasteiger partial charge is 0.381 e. The summed E-state index contributed by atoms with van der Waals surface area (Å²) >= 11 is 0. The highest BCUT2D eigenvalue weighted by atomic mass is 16.5. The molecule has 27 heavy (non-hydrogen) atoms. The number of amides is 1. The average Bonchev–Trinajstić information content (AvgIpc) is 2.68. The van der Waals surface area contributed by atoms with E-state index in [1.54, 1.807) is 7.05 Å². The van der Waals surface area contributed by atoms with Gasteiger partial charge in [0.2, 0.25) is 5.91 Å². The predicted molar refractivity (Wildman–Crippen MR) is 109 cm³/mol. The summed E-state index contributed by atoms with van der Waals surface area (Å²) < 4.78 is 5.56. The number of hydrogen-bond acceptors (Lipinski definition) is 5. The first-order chi connectivity index (χ1) is 13.0. The first-order valence-electron chi connectivity index (χ1n) is 10.2. The van der Waals surface area contributed by atoms with Gasteiger partial charge in [0.1, 0.15) is 0 Å². The fraction of sp³-hybridized carbons (Fsp3) is 0.895. The van der Waals surface area contributed by atoms with Crippen LogP contribution in [0.4, 0.5) is 0 Å². The van der Waals surface area contributed by atoms with Crippen LogP contribution in [0.5, 0.6) is 0 Å². The molecule has 3 N–H and O–H groups in total. The summed E-state index contributed by atoms with van der Waals surface area (Å²) in [6, 6.07) is 0.397. The SMILES string of the molecule is CCNC(=NCC1(N(C)C)CCOCC1)NC1CCN(CC(=O)NC)CC1. The maximum atomic E-state index is 11.5. The van der Waals surface area contributed by atoms with E-state index in [2.05, 4.69) is 46.8 Å². The summed E-state index contributed by atoms with van der Waals surface area (Å²) in [4.78, 5) is 21.0. The number of ether oxygens (including phenoxy) is 1. The van der Waals surface area contributed by atoms with Gasteiger partial charge in [-0.2, -0.15) is 0 Å². The number of carbonyl (C=O) groups is 1. The maximum absolute atomic E-state index is 11.5. The van der Waals surface area contributed by atoms with E-state index < -0.39 is 0 Å². The highest BCUT2D eigenvalue weighted by Gasteiger charge is 2.34. The van der Waals surface area contributed by atoms with Crippen LogP contribution in [0, 0.1) is 0 Å². The number of likely N-dealkylation sites (tertiary alicyclic amines) is 1. The van der Waals surface area contributed by atoms with Crippen molar-refractivity contribution in [3.63, 3.8) is 0 Å². The van der Waals surface area contributed by atoms with Crippen molar-refractivity contribution in [1.29, 1.82) is 0 Å². The number of carbonyl (C=O) groups excluding carboxylic acids is 1. The molecule has 0 bridgehead atoms. The van der Waals surface area contributed by atoms with Crippen molar-refractivity contribution in [2.45, 2.75) is 44.2 Å². The number of piperidine rings is 1. The molecule has 0 aliphatic carbocycles. The number of nitrogens with zero attached hydrogens (tertiary/aromatic N) is 3. The van der Waals surface area contributed by atoms with Gasteiger partial charge in [-0.3, -0.25) is 14.7 Å². The van der Waals surface area contributed by atoms with Crippen LogP contribution in [0.15, 0.2) is 4.99 Å². The van der Waals surface area contributed by atoms with Gasteiger partial charge in [0.25, 0.3) is 0 Å². The monoisotopic (exact) mass is 382 g/mol. The van der Waals surface area contributed by atoms with Gasteiger partial charge in [0.15, 0.2) is 5.96 Å². The normalized spacial score (nSPS) is 21.9. The Morgan fingerprint density at radius 3 is 2.48 bits per heavy atom. The summed E-state index contributed by atoms with van der Waals surface area (Å²) in [5.41, 5.74) is 0.0808. The van der Waals surface area contributed by atoms with Gasteiger partial charge >= 0.3 is 0 Å². The molecule has 8 nitrogen and oxygen atoms in total. The van der Waals surface area contributed by atoms with E-state index in [4.69, 9.17) is 9.73 Å². The number of hydrogen-bond donors (Lipinski definition) is 3. The van der Waals surface area contributed by atoms with E-state index in [9.17, 15) is 4.79 Å². The molecule has 0 saturated carbocycles. The van der Waals surface area contributed by atoms with E-state index in [1.807, 2.05) is 0 Å². The molecule has 2 aliphatic heterocycles. The van der Waals surface area contributed by atoms with Gasteiger partial charge in [-0.25, -0.2) is 0 Å². The Morgan fingerprint density at radius 2 is 1.93 bits per heavy atom. The minimum Gasteiger partial charge on any atom is -0.381 e. The van der Waals surface area contributed by atoms with Gasteiger partial charge in [0.05, 0.1) is 13.1 Å². The molecule has 0 spiro atoms. The van der Waals surface area contributed by atoms with Crippen LogP contribution in [-0.4, -0.2) is 100 Å². The van der Waals surface area contributed by atoms with Crippen LogP contribution in [0.25, 0.3) is 0 Å². The molecule has 2 heterocycles. The minimum absolute atomic E-state index is 0.0808. The molecule has 0 aromatic carbocycles. The number of likely N-dealkylation sites (N-methyl/N-ethyl adjacent to an activating group) is 2. The molecule has 0 atom stereocenters.